The Bertz CT molecular complexity index is 2230. The summed E-state index contributed by atoms with van der Waals surface area (Å²) in [5.74, 6) is 0.742. The molecule has 0 spiro atoms. The lowest BCUT2D eigenvalue weighted by atomic mass is 9.91. The highest BCUT2D eigenvalue weighted by molar-refractivity contribution is 6.02. The minimum atomic E-state index is -0.708. The summed E-state index contributed by atoms with van der Waals surface area (Å²) in [6.07, 6.45) is 9.10. The number of fused-ring (bicyclic) bond motifs is 3. The first-order chi connectivity index (χ1) is 28.8. The molecule has 0 radical (unpaired) electrons. The maximum absolute atomic E-state index is 14.1. The fourth-order valence-corrected chi connectivity index (χ4v) is 10.5. The summed E-state index contributed by atoms with van der Waals surface area (Å²) in [7, 11) is 0. The molecule has 6 aliphatic heterocycles. The van der Waals surface area contributed by atoms with E-state index < -0.39 is 11.6 Å². The lowest BCUT2D eigenvalue weighted by Crippen LogP contribution is -2.54. The first-order valence-electron chi connectivity index (χ1n) is 21.1. The number of phenolic OH excluding ortho intramolecular Hbond substituents is 1. The number of nitrogen functional groups attached to an aromatic ring is 1. The number of nitrogens with zero attached hydrogens (tertiary/aromatic N) is 9. The summed E-state index contributed by atoms with van der Waals surface area (Å²) in [5.41, 5.74) is 10.9. The van der Waals surface area contributed by atoms with Gasteiger partial charge in [0, 0.05) is 74.1 Å². The van der Waals surface area contributed by atoms with Crippen LogP contribution in [0.5, 0.6) is 11.5 Å². The van der Waals surface area contributed by atoms with Gasteiger partial charge in [0.1, 0.15) is 12.6 Å². The molecular weight excluding hydrogens is 754 g/mol. The van der Waals surface area contributed by atoms with Crippen molar-refractivity contribution in [1.29, 1.82) is 0 Å². The molecule has 2 bridgehead atoms. The molecule has 2 aromatic carbocycles. The van der Waals surface area contributed by atoms with Crippen molar-refractivity contribution in [3.05, 3.63) is 66.2 Å². The maximum Gasteiger partial charge on any atom is 0.249 e. The molecular formula is C43H50FN11O4. The summed E-state index contributed by atoms with van der Waals surface area (Å²) in [6.45, 7) is 6.52. The Morgan fingerprint density at radius 3 is 2.36 bits per heavy atom. The summed E-state index contributed by atoms with van der Waals surface area (Å²) in [5, 5.41) is 21.2. The van der Waals surface area contributed by atoms with Gasteiger partial charge in [0.05, 0.1) is 29.3 Å². The molecule has 4 aromatic rings. The number of piperidine rings is 3. The smallest absolute Gasteiger partial charge is 0.249 e. The van der Waals surface area contributed by atoms with Crippen LogP contribution in [-0.2, 0) is 9.59 Å². The highest BCUT2D eigenvalue weighted by atomic mass is 19.1. The molecule has 2 amide bonds. The van der Waals surface area contributed by atoms with Crippen LogP contribution in [0.3, 0.4) is 0 Å². The van der Waals surface area contributed by atoms with E-state index in [1.54, 1.807) is 18.2 Å². The number of carbonyl (C=O) groups is 2. The topological polar surface area (TPSA) is 169 Å². The molecule has 1 unspecified atom stereocenters. The van der Waals surface area contributed by atoms with Crippen molar-refractivity contribution >= 4 is 40.6 Å². The number of para-hydroxylation sites is 2. The summed E-state index contributed by atoms with van der Waals surface area (Å²) in [6, 6.07) is 15.1. The minimum Gasteiger partial charge on any atom is -0.504 e. The molecule has 4 N–H and O–H groups in total. The fraction of sp³-hybridized carbons (Fsp3) is 0.488. The van der Waals surface area contributed by atoms with E-state index in [1.165, 1.54) is 6.07 Å². The molecule has 0 saturated carbocycles. The summed E-state index contributed by atoms with van der Waals surface area (Å²) >= 11 is 0. The van der Waals surface area contributed by atoms with Crippen LogP contribution in [0.4, 0.5) is 33.2 Å². The molecule has 5 fully saturated rings. The van der Waals surface area contributed by atoms with E-state index in [4.69, 9.17) is 20.4 Å². The lowest BCUT2D eigenvalue weighted by molar-refractivity contribution is -0.134. The quantitative estimate of drug-likeness (QED) is 0.229. The number of carbonyl (C=O) groups excluding carboxylic acids is 2. The maximum atomic E-state index is 14.1. The van der Waals surface area contributed by atoms with Gasteiger partial charge in [-0.3, -0.25) is 14.9 Å². The number of hydrogen-bond donors (Lipinski definition) is 3. The summed E-state index contributed by atoms with van der Waals surface area (Å²) < 4.78 is 20.4. The van der Waals surface area contributed by atoms with Crippen LogP contribution in [0.1, 0.15) is 63.0 Å². The van der Waals surface area contributed by atoms with Crippen LogP contribution in [-0.4, -0.2) is 119 Å². The van der Waals surface area contributed by atoms with Gasteiger partial charge in [0.25, 0.3) is 0 Å². The van der Waals surface area contributed by atoms with Gasteiger partial charge < -0.3 is 40.1 Å². The zero-order valence-electron chi connectivity index (χ0n) is 33.0. The molecule has 308 valence electrons. The van der Waals surface area contributed by atoms with Crippen LogP contribution in [0, 0.1) is 5.82 Å². The van der Waals surface area contributed by atoms with Crippen molar-refractivity contribution in [3.8, 4) is 22.8 Å². The molecule has 0 aliphatic carbocycles. The molecule has 10 rings (SSSR count). The van der Waals surface area contributed by atoms with Crippen LogP contribution in [0.15, 0.2) is 54.7 Å². The zero-order valence-corrected chi connectivity index (χ0v) is 33.0. The van der Waals surface area contributed by atoms with Gasteiger partial charge in [0.2, 0.25) is 17.8 Å². The second kappa shape index (κ2) is 15.4. The largest absolute Gasteiger partial charge is 0.504 e. The van der Waals surface area contributed by atoms with Crippen molar-refractivity contribution < 1.29 is 23.8 Å². The number of imide groups is 1. The number of benzene rings is 2. The third-order valence-electron chi connectivity index (χ3n) is 13.5. The van der Waals surface area contributed by atoms with Crippen LogP contribution < -0.4 is 35.4 Å². The number of nitrogens with one attached hydrogen (secondary N) is 1. The van der Waals surface area contributed by atoms with Gasteiger partial charge in [-0.15, -0.1) is 10.2 Å². The molecule has 6 aliphatic rings. The number of aromatic nitrogens is 4. The third kappa shape index (κ3) is 7.00. The van der Waals surface area contributed by atoms with Crippen molar-refractivity contribution in [3.63, 3.8) is 0 Å². The number of anilines is 5. The van der Waals surface area contributed by atoms with Gasteiger partial charge in [-0.1, -0.05) is 12.1 Å². The van der Waals surface area contributed by atoms with Crippen LogP contribution in [0.25, 0.3) is 11.3 Å². The zero-order chi connectivity index (χ0) is 40.2. The third-order valence-corrected chi connectivity index (χ3v) is 13.5. The number of phenols is 1. The van der Waals surface area contributed by atoms with Gasteiger partial charge in [-0.2, -0.15) is 0 Å². The number of hydrogen-bond acceptors (Lipinski definition) is 14. The number of amides is 2. The second-order valence-corrected chi connectivity index (χ2v) is 16.8. The molecule has 2 aromatic heterocycles. The van der Waals surface area contributed by atoms with Gasteiger partial charge in [-0.25, -0.2) is 14.4 Å². The van der Waals surface area contributed by atoms with Gasteiger partial charge in [0.15, 0.2) is 23.1 Å². The van der Waals surface area contributed by atoms with E-state index in [1.807, 2.05) is 12.3 Å². The van der Waals surface area contributed by atoms with E-state index in [0.717, 1.165) is 99.2 Å². The first kappa shape index (κ1) is 37.5. The predicted octanol–water partition coefficient (Wildman–Crippen LogP) is 4.07. The van der Waals surface area contributed by atoms with Crippen molar-refractivity contribution in [2.45, 2.75) is 81.5 Å². The first-order valence-corrected chi connectivity index (χ1v) is 21.1. The van der Waals surface area contributed by atoms with Crippen molar-refractivity contribution in [2.75, 3.05) is 77.8 Å². The van der Waals surface area contributed by atoms with E-state index in [9.17, 15) is 19.1 Å². The lowest BCUT2D eigenvalue weighted by Gasteiger charge is -2.44. The number of nitrogens with two attached hydrogens (primary N) is 1. The Kier molecular flexibility index (Phi) is 9.81. The molecule has 15 nitrogen and oxygen atoms in total. The van der Waals surface area contributed by atoms with Gasteiger partial charge in [-0.05, 0) is 94.4 Å². The van der Waals surface area contributed by atoms with E-state index >= 15 is 0 Å². The molecule has 16 heteroatoms. The standard InChI is InChI=1S/C43H50FN11O4/c44-31-4-1-3-30(39(31)57)33-23-37(41(45)50-49-33)53-24-28-7-8-29(25-53)55(28)43-46-16-11-32(47-43)26-12-17-51(18-13-26)27-14-19-52(20-15-27)34-5-2-6-35-40(34)59-22-21-54(35)36-9-10-38(56)48-42(36)58/h1-6,11,16,23,26-29,36,57H,7-10,12-15,17-22,24-25H2,(H2,45,50)(H,48,56,58)/t28-,29+,36?. The number of ether oxygens (including phenoxy) is 1. The van der Waals surface area contributed by atoms with Gasteiger partial charge >= 0.3 is 0 Å². The molecule has 59 heavy (non-hydrogen) atoms. The van der Waals surface area contributed by atoms with E-state index in [-0.39, 0.29) is 35.5 Å². The minimum absolute atomic E-state index is 0.200. The highest BCUT2D eigenvalue weighted by Gasteiger charge is 2.43. The average molecular weight is 804 g/mol. The Balaban J connectivity index is 0.754. The number of likely N-dealkylation sites (tertiary alicyclic amines) is 1. The van der Waals surface area contributed by atoms with E-state index in [0.29, 0.717) is 62.6 Å². The Hall–Kier alpha value is -5.77. The number of rotatable bonds is 7. The number of piperazine rings is 1. The Morgan fingerprint density at radius 2 is 1.58 bits per heavy atom. The molecule has 3 atom stereocenters. The average Bonchev–Trinajstić information content (AvgIpc) is 3.53. The predicted molar refractivity (Wildman–Crippen MR) is 221 cm³/mol. The van der Waals surface area contributed by atoms with Crippen molar-refractivity contribution in [2.24, 2.45) is 0 Å². The normalized spacial score (nSPS) is 24.3. The molecule has 5 saturated heterocycles. The SMILES string of the molecule is Nc1nnc(-c2cccc(F)c2O)cc1N1C[C@H]2CC[C@@H](C1)N2c1nccc(C2CCN(C3CCN(c4cccc5c4OCCN5C4CCC(=O)NC4=O)CC3)CC2)n1. The van der Waals surface area contributed by atoms with Crippen LogP contribution in [0.2, 0.25) is 0 Å². The van der Waals surface area contributed by atoms with E-state index in [2.05, 4.69) is 58.2 Å². The summed E-state index contributed by atoms with van der Waals surface area (Å²) in [4.78, 5) is 46.4. The Morgan fingerprint density at radius 1 is 0.814 bits per heavy atom. The van der Waals surface area contributed by atoms with Crippen molar-refractivity contribution in [1.82, 2.24) is 30.4 Å². The van der Waals surface area contributed by atoms with Crippen LogP contribution >= 0.6 is 0 Å². The Labute approximate surface area is 342 Å². The number of aromatic hydroxyl groups is 1. The highest BCUT2D eigenvalue weighted by Crippen LogP contribution is 2.44. The second-order valence-electron chi connectivity index (χ2n) is 16.8. The molecule has 8 heterocycles. The fourth-order valence-electron chi connectivity index (χ4n) is 10.5. The number of halogens is 1. The monoisotopic (exact) mass is 803 g/mol.